The third-order valence-corrected chi connectivity index (χ3v) is 10.4. The molecule has 0 spiro atoms. The molecule has 3 aliphatic rings. The van der Waals surface area contributed by atoms with E-state index in [0.717, 1.165) is 18.4 Å². The van der Waals surface area contributed by atoms with E-state index >= 15 is 0 Å². The second-order valence-corrected chi connectivity index (χ2v) is 13.5. The number of carbonyl (C=O) groups is 1. The number of hydrogen-bond donors (Lipinski definition) is 1. The second kappa shape index (κ2) is 5.94. The SMILES string of the molecule is CCC[C@@H]1CC2=C(C(=O)O1)[C@@H](O[Si](C)(C)C(C)(C)C)[C@@H]1O[C@@H]1[C@@H]2O. The van der Waals surface area contributed by atoms with Crippen molar-refractivity contribution in [1.82, 2.24) is 0 Å². The lowest BCUT2D eigenvalue weighted by Crippen LogP contribution is -2.51. The smallest absolute Gasteiger partial charge is 0.337 e. The monoisotopic (exact) mass is 354 g/mol. The lowest BCUT2D eigenvalue weighted by Gasteiger charge is -2.42. The summed E-state index contributed by atoms with van der Waals surface area (Å²) in [6, 6.07) is 0. The Kier molecular flexibility index (Phi) is 4.48. The molecule has 5 atom stereocenters. The summed E-state index contributed by atoms with van der Waals surface area (Å²) in [7, 11) is -2.07. The molecule has 136 valence electrons. The molecule has 0 aromatic rings. The van der Waals surface area contributed by atoms with Gasteiger partial charge in [-0.25, -0.2) is 4.79 Å². The predicted molar refractivity (Wildman–Crippen MR) is 93.2 cm³/mol. The normalized spacial score (nSPS) is 36.1. The van der Waals surface area contributed by atoms with Crippen molar-refractivity contribution < 1.29 is 23.8 Å². The van der Waals surface area contributed by atoms with Crippen LogP contribution in [0.25, 0.3) is 0 Å². The average molecular weight is 355 g/mol. The van der Waals surface area contributed by atoms with Crippen molar-refractivity contribution in [1.29, 1.82) is 0 Å². The highest BCUT2D eigenvalue weighted by Gasteiger charge is 2.60. The van der Waals surface area contributed by atoms with Gasteiger partial charge in [0.1, 0.15) is 30.5 Å². The van der Waals surface area contributed by atoms with Gasteiger partial charge in [-0.05, 0) is 30.1 Å². The second-order valence-electron chi connectivity index (χ2n) is 8.77. The highest BCUT2D eigenvalue weighted by Crippen LogP contribution is 2.48. The van der Waals surface area contributed by atoms with Crippen LogP contribution in [0.1, 0.15) is 47.0 Å². The minimum atomic E-state index is -2.07. The number of esters is 1. The molecule has 0 aromatic heterocycles. The summed E-state index contributed by atoms with van der Waals surface area (Å²) >= 11 is 0. The fourth-order valence-corrected chi connectivity index (χ4v) is 4.66. The third kappa shape index (κ3) is 2.98. The van der Waals surface area contributed by atoms with Gasteiger partial charge in [-0.15, -0.1) is 0 Å². The first kappa shape index (κ1) is 18.1. The molecule has 2 aliphatic heterocycles. The summed E-state index contributed by atoms with van der Waals surface area (Å²) in [5.74, 6) is -0.327. The van der Waals surface area contributed by atoms with E-state index in [2.05, 4.69) is 40.8 Å². The van der Waals surface area contributed by atoms with Gasteiger partial charge >= 0.3 is 5.97 Å². The summed E-state index contributed by atoms with van der Waals surface area (Å²) < 4.78 is 17.8. The van der Waals surface area contributed by atoms with Crippen LogP contribution in [-0.2, 0) is 18.7 Å². The van der Waals surface area contributed by atoms with E-state index in [4.69, 9.17) is 13.9 Å². The van der Waals surface area contributed by atoms with Crippen LogP contribution in [0.4, 0.5) is 0 Å². The highest BCUT2D eigenvalue weighted by molar-refractivity contribution is 6.74. The van der Waals surface area contributed by atoms with Crippen molar-refractivity contribution in [2.24, 2.45) is 0 Å². The topological polar surface area (TPSA) is 68.3 Å². The summed E-state index contributed by atoms with van der Waals surface area (Å²) in [4.78, 5) is 12.7. The first-order valence-corrected chi connectivity index (χ1v) is 11.9. The number of hydrogen-bond acceptors (Lipinski definition) is 5. The van der Waals surface area contributed by atoms with Crippen LogP contribution >= 0.6 is 0 Å². The molecule has 24 heavy (non-hydrogen) atoms. The molecule has 0 aromatic carbocycles. The Balaban J connectivity index is 1.92. The van der Waals surface area contributed by atoms with Crippen LogP contribution in [0.5, 0.6) is 0 Å². The number of aliphatic hydroxyl groups is 1. The number of fused-ring (bicyclic) bond motifs is 1. The maximum atomic E-state index is 12.7. The van der Waals surface area contributed by atoms with Gasteiger partial charge in [-0.3, -0.25) is 0 Å². The molecule has 0 saturated carbocycles. The maximum absolute atomic E-state index is 12.7. The Morgan fingerprint density at radius 3 is 2.54 bits per heavy atom. The number of cyclic esters (lactones) is 1. The molecule has 0 amide bonds. The molecule has 1 fully saturated rings. The number of ether oxygens (including phenoxy) is 2. The lowest BCUT2D eigenvalue weighted by atomic mass is 9.82. The van der Waals surface area contributed by atoms with Crippen LogP contribution in [0.2, 0.25) is 18.1 Å². The molecule has 0 bridgehead atoms. The minimum absolute atomic E-state index is 0.0392. The van der Waals surface area contributed by atoms with Crippen molar-refractivity contribution in [2.45, 2.75) is 95.6 Å². The largest absolute Gasteiger partial charge is 0.459 e. The molecule has 0 unspecified atom stereocenters. The van der Waals surface area contributed by atoms with Gasteiger partial charge in [-0.2, -0.15) is 0 Å². The molecule has 1 saturated heterocycles. The van der Waals surface area contributed by atoms with E-state index in [0.29, 0.717) is 12.0 Å². The highest BCUT2D eigenvalue weighted by atomic mass is 28.4. The first-order valence-electron chi connectivity index (χ1n) is 9.02. The van der Waals surface area contributed by atoms with Crippen molar-refractivity contribution in [2.75, 3.05) is 0 Å². The van der Waals surface area contributed by atoms with Crippen molar-refractivity contribution >= 4 is 14.3 Å². The van der Waals surface area contributed by atoms with Gasteiger partial charge < -0.3 is 19.0 Å². The number of aliphatic hydroxyl groups excluding tert-OH is 1. The van der Waals surface area contributed by atoms with E-state index in [9.17, 15) is 9.90 Å². The van der Waals surface area contributed by atoms with Crippen LogP contribution in [0.15, 0.2) is 11.1 Å². The van der Waals surface area contributed by atoms with Crippen LogP contribution in [0.3, 0.4) is 0 Å². The zero-order valence-corrected chi connectivity index (χ0v) is 16.6. The Morgan fingerprint density at radius 2 is 1.96 bits per heavy atom. The molecule has 1 aliphatic carbocycles. The zero-order valence-electron chi connectivity index (χ0n) is 15.6. The molecular formula is C18H30O5Si. The summed E-state index contributed by atoms with van der Waals surface area (Å²) in [5.41, 5.74) is 1.31. The summed E-state index contributed by atoms with van der Waals surface area (Å²) in [6.45, 7) is 12.9. The molecular weight excluding hydrogens is 324 g/mol. The fraction of sp³-hybridized carbons (Fsp3) is 0.833. The molecule has 2 heterocycles. The Hall–Kier alpha value is -0.693. The number of carbonyl (C=O) groups excluding carboxylic acids is 1. The summed E-state index contributed by atoms with van der Waals surface area (Å²) in [5, 5.41) is 10.6. The molecule has 0 radical (unpaired) electrons. The number of rotatable bonds is 4. The first-order chi connectivity index (χ1) is 11.1. The molecule has 6 heteroatoms. The zero-order chi connectivity index (χ0) is 17.9. The Bertz CT molecular complexity index is 562. The van der Waals surface area contributed by atoms with E-state index in [1.54, 1.807) is 0 Å². The fourth-order valence-electron chi connectivity index (χ4n) is 3.42. The van der Waals surface area contributed by atoms with Gasteiger partial charge in [-0.1, -0.05) is 34.1 Å². The van der Waals surface area contributed by atoms with E-state index in [1.165, 1.54) is 0 Å². The molecule has 1 N–H and O–H groups in total. The number of epoxide rings is 1. The molecule has 3 rings (SSSR count). The van der Waals surface area contributed by atoms with Crippen LogP contribution in [0, 0.1) is 0 Å². The van der Waals surface area contributed by atoms with Gasteiger partial charge in [0.2, 0.25) is 0 Å². The quantitative estimate of drug-likeness (QED) is 0.478. The van der Waals surface area contributed by atoms with E-state index in [1.807, 2.05) is 0 Å². The van der Waals surface area contributed by atoms with Crippen molar-refractivity contribution in [3.63, 3.8) is 0 Å². The van der Waals surface area contributed by atoms with Crippen LogP contribution < -0.4 is 0 Å². The Labute approximate surface area is 145 Å². The van der Waals surface area contributed by atoms with Gasteiger partial charge in [0.25, 0.3) is 0 Å². The van der Waals surface area contributed by atoms with E-state index < -0.39 is 20.5 Å². The van der Waals surface area contributed by atoms with Gasteiger partial charge in [0.15, 0.2) is 8.32 Å². The Morgan fingerprint density at radius 1 is 1.29 bits per heavy atom. The van der Waals surface area contributed by atoms with Gasteiger partial charge in [0.05, 0.1) is 5.57 Å². The van der Waals surface area contributed by atoms with Crippen molar-refractivity contribution in [3.8, 4) is 0 Å². The van der Waals surface area contributed by atoms with Crippen molar-refractivity contribution in [3.05, 3.63) is 11.1 Å². The third-order valence-electron chi connectivity index (χ3n) is 5.94. The predicted octanol–water partition coefficient (Wildman–Crippen LogP) is 2.93. The average Bonchev–Trinajstić information content (AvgIpc) is 3.23. The standard InChI is InChI=1S/C18H30O5Si/c1-7-8-10-9-11-12(17(20)21-10)14(16-15(22-16)13(11)19)23-24(5,6)18(2,3)4/h10,13-16,19H,7-9H2,1-6H3/t10-,13-,14-,15-,16+/m1/s1. The minimum Gasteiger partial charge on any atom is -0.459 e. The lowest BCUT2D eigenvalue weighted by molar-refractivity contribution is -0.148. The maximum Gasteiger partial charge on any atom is 0.337 e. The molecule has 5 nitrogen and oxygen atoms in total. The van der Waals surface area contributed by atoms with E-state index in [-0.39, 0.29) is 29.3 Å². The summed E-state index contributed by atoms with van der Waals surface area (Å²) in [6.07, 6.45) is 0.677. The van der Waals surface area contributed by atoms with Crippen LogP contribution in [-0.4, -0.2) is 49.9 Å². The van der Waals surface area contributed by atoms with Gasteiger partial charge in [0, 0.05) is 6.42 Å².